The monoisotopic (exact) mass is 258 g/mol. The van der Waals surface area contributed by atoms with Crippen LogP contribution in [0.5, 0.6) is 0 Å². The third kappa shape index (κ3) is 6.98. The molecule has 0 saturated carbocycles. The highest BCUT2D eigenvalue weighted by molar-refractivity contribution is 5.24. The van der Waals surface area contributed by atoms with Gasteiger partial charge in [-0.3, -0.25) is 0 Å². The molecule has 2 nitrogen and oxygen atoms in total. The highest BCUT2D eigenvalue weighted by Gasteiger charge is 2.08. The van der Waals surface area contributed by atoms with Crippen molar-refractivity contribution in [3.8, 4) is 6.07 Å². The second-order valence-electron chi connectivity index (χ2n) is 5.06. The summed E-state index contributed by atoms with van der Waals surface area (Å²) in [4.78, 5) is 0. The van der Waals surface area contributed by atoms with Crippen molar-refractivity contribution in [3.05, 3.63) is 35.9 Å². The Labute approximate surface area is 117 Å². The smallest absolute Gasteiger partial charge is 0.0837 e. The van der Waals surface area contributed by atoms with Crippen LogP contribution in [0, 0.1) is 11.3 Å². The maximum atomic E-state index is 9.19. The molecule has 0 radical (unpaired) electrons. The van der Waals surface area contributed by atoms with Crippen LogP contribution >= 0.6 is 0 Å². The van der Waals surface area contributed by atoms with Crippen LogP contribution in [-0.4, -0.2) is 13.1 Å². The van der Waals surface area contributed by atoms with Crippen molar-refractivity contribution in [2.24, 2.45) is 0 Å². The normalized spacial score (nSPS) is 12.0. The van der Waals surface area contributed by atoms with Crippen LogP contribution in [0.3, 0.4) is 0 Å². The van der Waals surface area contributed by atoms with Crippen LogP contribution in [0.2, 0.25) is 0 Å². The molecule has 0 aliphatic heterocycles. The molecule has 19 heavy (non-hydrogen) atoms. The molecule has 2 heteroatoms. The zero-order valence-corrected chi connectivity index (χ0v) is 12.1. The molecular weight excluding hydrogens is 232 g/mol. The predicted octanol–water partition coefficient (Wildman–Crippen LogP) is 4.24. The molecule has 1 rings (SSSR count). The van der Waals surface area contributed by atoms with Gasteiger partial charge in [0.15, 0.2) is 0 Å². The van der Waals surface area contributed by atoms with Crippen LogP contribution in [0.15, 0.2) is 30.3 Å². The Balaban J connectivity index is 2.09. The average molecular weight is 258 g/mol. The van der Waals surface area contributed by atoms with E-state index in [0.29, 0.717) is 0 Å². The lowest BCUT2D eigenvalue weighted by Gasteiger charge is -2.10. The van der Waals surface area contributed by atoms with Crippen molar-refractivity contribution in [1.82, 2.24) is 5.32 Å². The number of hydrogen-bond acceptors (Lipinski definition) is 2. The van der Waals surface area contributed by atoms with Gasteiger partial charge in [0.1, 0.15) is 0 Å². The van der Waals surface area contributed by atoms with Crippen LogP contribution < -0.4 is 5.32 Å². The van der Waals surface area contributed by atoms with Crippen molar-refractivity contribution < 1.29 is 0 Å². The number of rotatable bonds is 10. The molecule has 1 aromatic rings. The summed E-state index contributed by atoms with van der Waals surface area (Å²) in [6.07, 6.45) is 7.89. The van der Waals surface area contributed by atoms with E-state index in [4.69, 9.17) is 0 Å². The quantitative estimate of drug-likeness (QED) is 0.637. The molecule has 1 N–H and O–H groups in total. The zero-order chi connectivity index (χ0) is 13.8. The first kappa shape index (κ1) is 15.7. The van der Waals surface area contributed by atoms with Crippen molar-refractivity contribution in [3.63, 3.8) is 0 Å². The Hall–Kier alpha value is -1.33. The van der Waals surface area contributed by atoms with E-state index >= 15 is 0 Å². The Morgan fingerprint density at radius 3 is 2.42 bits per heavy atom. The Kier molecular flexibility index (Phi) is 8.76. The number of unbranched alkanes of at least 4 members (excludes halogenated alkanes) is 5. The van der Waals surface area contributed by atoms with Gasteiger partial charge >= 0.3 is 0 Å². The van der Waals surface area contributed by atoms with Crippen LogP contribution in [0.4, 0.5) is 0 Å². The summed E-state index contributed by atoms with van der Waals surface area (Å²) in [6.45, 7) is 4.03. The number of nitrogens with one attached hydrogen (secondary N) is 1. The number of hydrogen-bond donors (Lipinski definition) is 1. The minimum Gasteiger partial charge on any atom is -0.315 e. The minimum absolute atomic E-state index is 0.0266. The molecule has 1 atom stereocenters. The summed E-state index contributed by atoms with van der Waals surface area (Å²) < 4.78 is 0. The molecule has 0 heterocycles. The second kappa shape index (κ2) is 10.6. The Morgan fingerprint density at radius 2 is 1.74 bits per heavy atom. The molecule has 0 bridgehead atoms. The topological polar surface area (TPSA) is 35.8 Å². The predicted molar refractivity (Wildman–Crippen MR) is 81.0 cm³/mol. The molecular formula is C17H26N2. The first-order valence-corrected chi connectivity index (χ1v) is 7.53. The third-order valence-corrected chi connectivity index (χ3v) is 3.41. The largest absolute Gasteiger partial charge is 0.315 e. The van der Waals surface area contributed by atoms with E-state index in [1.807, 2.05) is 30.3 Å². The number of nitriles is 1. The molecule has 0 aliphatic carbocycles. The molecule has 1 unspecified atom stereocenters. The van der Waals surface area contributed by atoms with Crippen LogP contribution in [-0.2, 0) is 0 Å². The van der Waals surface area contributed by atoms with E-state index in [2.05, 4.69) is 18.3 Å². The van der Waals surface area contributed by atoms with E-state index in [9.17, 15) is 5.26 Å². The third-order valence-electron chi connectivity index (χ3n) is 3.41. The summed E-state index contributed by atoms with van der Waals surface area (Å²) in [7, 11) is 0. The van der Waals surface area contributed by atoms with E-state index in [0.717, 1.165) is 18.7 Å². The fourth-order valence-electron chi connectivity index (χ4n) is 2.20. The van der Waals surface area contributed by atoms with Crippen LogP contribution in [0.25, 0.3) is 0 Å². The lowest BCUT2D eigenvalue weighted by atomic mass is 10.0. The van der Waals surface area contributed by atoms with E-state index in [1.165, 1.54) is 38.5 Å². The molecule has 0 fully saturated rings. The zero-order valence-electron chi connectivity index (χ0n) is 12.1. The standard InChI is InChI=1S/C17H26N2/c1-2-3-4-5-6-10-13-19-15-17(14-18)16-11-8-7-9-12-16/h7-9,11-12,17,19H,2-6,10,13,15H2,1H3. The number of nitrogens with zero attached hydrogens (tertiary/aromatic N) is 1. The number of benzene rings is 1. The Morgan fingerprint density at radius 1 is 1.05 bits per heavy atom. The summed E-state index contributed by atoms with van der Waals surface area (Å²) in [5.74, 6) is -0.0266. The van der Waals surface area contributed by atoms with Gasteiger partial charge in [0.05, 0.1) is 12.0 Å². The molecule has 0 spiro atoms. The summed E-state index contributed by atoms with van der Waals surface area (Å²) in [5.41, 5.74) is 1.11. The maximum absolute atomic E-state index is 9.19. The van der Waals surface area contributed by atoms with Gasteiger partial charge in [-0.2, -0.15) is 5.26 Å². The van der Waals surface area contributed by atoms with Gasteiger partial charge in [-0.05, 0) is 18.5 Å². The molecule has 104 valence electrons. The minimum atomic E-state index is -0.0266. The first-order chi connectivity index (χ1) is 9.38. The van der Waals surface area contributed by atoms with Gasteiger partial charge in [-0.15, -0.1) is 0 Å². The molecule has 1 aromatic carbocycles. The lowest BCUT2D eigenvalue weighted by molar-refractivity contribution is 0.565. The average Bonchev–Trinajstić information content (AvgIpc) is 2.47. The SMILES string of the molecule is CCCCCCCCNCC(C#N)c1ccccc1. The van der Waals surface area contributed by atoms with E-state index < -0.39 is 0 Å². The van der Waals surface area contributed by atoms with E-state index in [-0.39, 0.29) is 5.92 Å². The van der Waals surface area contributed by atoms with Gasteiger partial charge in [-0.1, -0.05) is 69.4 Å². The second-order valence-corrected chi connectivity index (χ2v) is 5.06. The van der Waals surface area contributed by atoms with Crippen molar-refractivity contribution in [2.75, 3.05) is 13.1 Å². The fraction of sp³-hybridized carbons (Fsp3) is 0.588. The molecule has 0 amide bonds. The van der Waals surface area contributed by atoms with Gasteiger partial charge in [0.2, 0.25) is 0 Å². The molecule has 0 aliphatic rings. The van der Waals surface area contributed by atoms with E-state index in [1.54, 1.807) is 0 Å². The first-order valence-electron chi connectivity index (χ1n) is 7.53. The summed E-state index contributed by atoms with van der Waals surface area (Å²) in [6, 6.07) is 12.4. The Bertz CT molecular complexity index is 353. The maximum Gasteiger partial charge on any atom is 0.0837 e. The van der Waals surface area contributed by atoms with Crippen molar-refractivity contribution in [1.29, 1.82) is 5.26 Å². The molecule has 0 aromatic heterocycles. The summed E-state index contributed by atoms with van der Waals surface area (Å²) >= 11 is 0. The van der Waals surface area contributed by atoms with Crippen molar-refractivity contribution in [2.45, 2.75) is 51.4 Å². The van der Waals surface area contributed by atoms with Gasteiger partial charge in [0.25, 0.3) is 0 Å². The summed E-state index contributed by atoms with van der Waals surface area (Å²) in [5, 5.41) is 12.6. The highest BCUT2D eigenvalue weighted by Crippen LogP contribution is 2.13. The highest BCUT2D eigenvalue weighted by atomic mass is 14.9. The fourth-order valence-corrected chi connectivity index (χ4v) is 2.20. The van der Waals surface area contributed by atoms with Crippen molar-refractivity contribution >= 4 is 0 Å². The van der Waals surface area contributed by atoms with Crippen LogP contribution in [0.1, 0.15) is 56.9 Å². The lowest BCUT2D eigenvalue weighted by Crippen LogP contribution is -2.21. The van der Waals surface area contributed by atoms with Gasteiger partial charge < -0.3 is 5.32 Å². The van der Waals surface area contributed by atoms with Gasteiger partial charge in [0, 0.05) is 6.54 Å². The van der Waals surface area contributed by atoms with Gasteiger partial charge in [-0.25, -0.2) is 0 Å². The molecule has 0 saturated heterocycles.